The molecule has 30 heavy (non-hydrogen) atoms. The number of rotatable bonds is 3. The van der Waals surface area contributed by atoms with Crippen molar-refractivity contribution in [3.63, 3.8) is 0 Å². The molecule has 8 heteroatoms. The molecule has 148 valence electrons. The van der Waals surface area contributed by atoms with E-state index in [2.05, 4.69) is 10.1 Å². The molecule has 0 radical (unpaired) electrons. The van der Waals surface area contributed by atoms with Gasteiger partial charge >= 0.3 is 0 Å². The van der Waals surface area contributed by atoms with Crippen LogP contribution in [0.3, 0.4) is 0 Å². The van der Waals surface area contributed by atoms with E-state index in [4.69, 9.17) is 16.3 Å². The molecule has 0 fully saturated rings. The average Bonchev–Trinajstić information content (AvgIpc) is 3.23. The van der Waals surface area contributed by atoms with Crippen LogP contribution in [0.2, 0.25) is 5.02 Å². The summed E-state index contributed by atoms with van der Waals surface area (Å²) >= 11 is 5.95. The summed E-state index contributed by atoms with van der Waals surface area (Å²) in [4.78, 5) is 32.0. The summed E-state index contributed by atoms with van der Waals surface area (Å²) in [6.07, 6.45) is 1.44. The number of amides is 2. The lowest BCUT2D eigenvalue weighted by Crippen LogP contribution is -2.29. The minimum absolute atomic E-state index is 0.255. The minimum Gasteiger partial charge on any atom is -0.497 e. The van der Waals surface area contributed by atoms with Crippen LogP contribution in [0, 0.1) is 0 Å². The predicted octanol–water partition coefficient (Wildman–Crippen LogP) is 4.10. The van der Waals surface area contributed by atoms with Crippen LogP contribution in [0.1, 0.15) is 20.7 Å². The Morgan fingerprint density at radius 1 is 0.967 bits per heavy atom. The molecular weight excluding hydrogens is 404 g/mol. The summed E-state index contributed by atoms with van der Waals surface area (Å²) in [6.45, 7) is 0. The molecule has 0 aliphatic carbocycles. The summed E-state index contributed by atoms with van der Waals surface area (Å²) in [6, 6.07) is 13.9. The molecule has 0 atom stereocenters. The van der Waals surface area contributed by atoms with Crippen molar-refractivity contribution in [2.24, 2.45) is 7.05 Å². The van der Waals surface area contributed by atoms with E-state index in [1.54, 1.807) is 43.1 Å². The number of aryl methyl sites for hydroxylation is 1. The fraction of sp³-hybridized carbons (Fsp3) is 0.0909. The van der Waals surface area contributed by atoms with E-state index in [0.29, 0.717) is 38.8 Å². The standard InChI is InChI=1S/C22H15ClN4O3/c1-26-20-18(19(25-26)12-3-9-15(30-2)10-4-12)17-16(11-24-20)21(28)27(22(17)29)14-7-5-13(23)6-8-14/h3-11H,1-2H3. The van der Waals surface area contributed by atoms with Gasteiger partial charge < -0.3 is 4.74 Å². The molecule has 4 aromatic rings. The van der Waals surface area contributed by atoms with Crippen molar-refractivity contribution in [2.45, 2.75) is 0 Å². The second kappa shape index (κ2) is 6.67. The van der Waals surface area contributed by atoms with Gasteiger partial charge in [-0.2, -0.15) is 5.10 Å². The van der Waals surface area contributed by atoms with Gasteiger partial charge in [-0.15, -0.1) is 0 Å². The largest absolute Gasteiger partial charge is 0.497 e. The van der Waals surface area contributed by atoms with Crippen molar-refractivity contribution in [2.75, 3.05) is 12.0 Å². The lowest BCUT2D eigenvalue weighted by molar-refractivity contribution is 0.0926. The number of benzene rings is 2. The Morgan fingerprint density at radius 3 is 2.33 bits per heavy atom. The van der Waals surface area contributed by atoms with Crippen LogP contribution in [0.5, 0.6) is 5.75 Å². The monoisotopic (exact) mass is 418 g/mol. The van der Waals surface area contributed by atoms with E-state index in [-0.39, 0.29) is 5.56 Å². The first kappa shape index (κ1) is 18.3. The molecule has 0 unspecified atom stereocenters. The molecule has 0 saturated carbocycles. The number of hydrogen-bond acceptors (Lipinski definition) is 5. The Balaban J connectivity index is 1.72. The van der Waals surface area contributed by atoms with Gasteiger partial charge in [0.25, 0.3) is 11.8 Å². The van der Waals surface area contributed by atoms with Crippen LogP contribution >= 0.6 is 11.6 Å². The molecule has 2 aromatic carbocycles. The van der Waals surface area contributed by atoms with E-state index < -0.39 is 11.8 Å². The lowest BCUT2D eigenvalue weighted by Gasteiger charge is -2.13. The second-order valence-electron chi connectivity index (χ2n) is 6.87. The molecule has 0 saturated heterocycles. The number of pyridine rings is 1. The number of ether oxygens (including phenoxy) is 1. The second-order valence-corrected chi connectivity index (χ2v) is 7.30. The Labute approximate surface area is 176 Å². The number of fused-ring (bicyclic) bond motifs is 3. The highest BCUT2D eigenvalue weighted by Crippen LogP contribution is 2.37. The maximum atomic E-state index is 13.4. The Bertz CT molecular complexity index is 1330. The van der Waals surface area contributed by atoms with Crippen LogP contribution in [0.25, 0.3) is 22.3 Å². The maximum Gasteiger partial charge on any atom is 0.267 e. The van der Waals surface area contributed by atoms with Crippen LogP contribution < -0.4 is 9.64 Å². The number of halogens is 1. The highest BCUT2D eigenvalue weighted by Gasteiger charge is 2.40. The van der Waals surface area contributed by atoms with E-state index in [9.17, 15) is 9.59 Å². The number of aromatic nitrogens is 3. The quantitative estimate of drug-likeness (QED) is 0.468. The molecule has 2 aromatic heterocycles. The molecule has 2 amide bonds. The number of methoxy groups -OCH3 is 1. The van der Waals surface area contributed by atoms with Gasteiger partial charge in [0.1, 0.15) is 11.4 Å². The van der Waals surface area contributed by atoms with Gasteiger partial charge in [-0.1, -0.05) is 11.6 Å². The zero-order valence-corrected chi connectivity index (χ0v) is 16.8. The van der Waals surface area contributed by atoms with E-state index in [1.165, 1.54) is 6.20 Å². The van der Waals surface area contributed by atoms with Crippen molar-refractivity contribution in [1.29, 1.82) is 0 Å². The van der Waals surface area contributed by atoms with Gasteiger partial charge in [-0.05, 0) is 48.5 Å². The van der Waals surface area contributed by atoms with Gasteiger partial charge in [-0.25, -0.2) is 14.6 Å². The molecule has 1 aliphatic heterocycles. The van der Waals surface area contributed by atoms with Gasteiger partial charge in [0.05, 0.1) is 29.3 Å². The Hall–Kier alpha value is -3.71. The normalized spacial score (nSPS) is 13.2. The molecule has 1 aliphatic rings. The SMILES string of the molecule is COc1ccc(-c2nn(C)c3ncc4c(c23)C(=O)N(c2ccc(Cl)cc2)C4=O)cc1. The van der Waals surface area contributed by atoms with Crippen molar-refractivity contribution in [3.05, 3.63) is 70.9 Å². The number of carbonyl (C=O) groups is 2. The van der Waals surface area contributed by atoms with E-state index in [0.717, 1.165) is 10.5 Å². The van der Waals surface area contributed by atoms with Crippen molar-refractivity contribution < 1.29 is 14.3 Å². The third kappa shape index (κ3) is 2.59. The summed E-state index contributed by atoms with van der Waals surface area (Å²) in [7, 11) is 3.35. The third-order valence-corrected chi connectivity index (χ3v) is 5.40. The number of hydrogen-bond donors (Lipinski definition) is 0. The first-order valence-corrected chi connectivity index (χ1v) is 9.52. The van der Waals surface area contributed by atoms with Crippen molar-refractivity contribution in [3.8, 4) is 17.0 Å². The van der Waals surface area contributed by atoms with Gasteiger partial charge in [0, 0.05) is 23.8 Å². The fourth-order valence-corrected chi connectivity index (χ4v) is 3.83. The number of anilines is 1. The topological polar surface area (TPSA) is 77.3 Å². The predicted molar refractivity (Wildman–Crippen MR) is 113 cm³/mol. The smallest absolute Gasteiger partial charge is 0.267 e. The summed E-state index contributed by atoms with van der Waals surface area (Å²) in [5.41, 5.74) is 2.91. The molecular formula is C22H15ClN4O3. The van der Waals surface area contributed by atoms with Crippen LogP contribution in [0.15, 0.2) is 54.7 Å². The molecule has 0 N–H and O–H groups in total. The van der Waals surface area contributed by atoms with Gasteiger partial charge in [-0.3, -0.25) is 9.59 Å². The fourth-order valence-electron chi connectivity index (χ4n) is 3.70. The molecule has 3 heterocycles. The van der Waals surface area contributed by atoms with E-state index in [1.807, 2.05) is 24.3 Å². The van der Waals surface area contributed by atoms with Crippen LogP contribution in [0.4, 0.5) is 5.69 Å². The van der Waals surface area contributed by atoms with Crippen LogP contribution in [-0.4, -0.2) is 33.7 Å². The highest BCUT2D eigenvalue weighted by atomic mass is 35.5. The van der Waals surface area contributed by atoms with Gasteiger partial charge in [0.15, 0.2) is 5.65 Å². The van der Waals surface area contributed by atoms with Gasteiger partial charge in [0.2, 0.25) is 0 Å². The summed E-state index contributed by atoms with van der Waals surface area (Å²) in [5, 5.41) is 5.65. The number of nitrogens with zero attached hydrogens (tertiary/aromatic N) is 4. The Morgan fingerprint density at radius 2 is 1.67 bits per heavy atom. The van der Waals surface area contributed by atoms with Crippen molar-refractivity contribution in [1.82, 2.24) is 14.8 Å². The van der Waals surface area contributed by atoms with E-state index >= 15 is 0 Å². The molecule has 0 spiro atoms. The molecule has 0 bridgehead atoms. The zero-order valence-electron chi connectivity index (χ0n) is 16.1. The summed E-state index contributed by atoms with van der Waals surface area (Å²) < 4.78 is 6.83. The molecule has 7 nitrogen and oxygen atoms in total. The minimum atomic E-state index is -0.420. The first-order chi connectivity index (χ1) is 14.5. The number of carbonyl (C=O) groups excluding carboxylic acids is 2. The first-order valence-electron chi connectivity index (χ1n) is 9.14. The lowest BCUT2D eigenvalue weighted by atomic mass is 10.0. The van der Waals surface area contributed by atoms with Crippen molar-refractivity contribution >= 4 is 40.1 Å². The third-order valence-electron chi connectivity index (χ3n) is 5.15. The average molecular weight is 419 g/mol. The number of imide groups is 1. The summed E-state index contributed by atoms with van der Waals surface area (Å²) in [5.74, 6) is -0.119. The highest BCUT2D eigenvalue weighted by molar-refractivity contribution is 6.38. The zero-order chi connectivity index (χ0) is 21.0. The maximum absolute atomic E-state index is 13.4. The van der Waals surface area contributed by atoms with Crippen LogP contribution in [-0.2, 0) is 7.05 Å². The molecule has 5 rings (SSSR count). The Kier molecular flexibility index (Phi) is 4.08.